The van der Waals surface area contributed by atoms with Crippen molar-refractivity contribution >= 4 is 49.1 Å². The third-order valence-electron chi connectivity index (χ3n) is 5.08. The Morgan fingerprint density at radius 3 is 2.66 bits per heavy atom. The van der Waals surface area contributed by atoms with Gasteiger partial charge in [-0.15, -0.1) is 0 Å². The van der Waals surface area contributed by atoms with Gasteiger partial charge in [0.2, 0.25) is 10.0 Å². The predicted octanol–water partition coefficient (Wildman–Crippen LogP) is 3.44. The van der Waals surface area contributed by atoms with E-state index >= 15 is 0 Å². The summed E-state index contributed by atoms with van der Waals surface area (Å²) in [5.41, 5.74) is 0. The molecule has 1 N–H and O–H groups in total. The first-order chi connectivity index (χ1) is 14.0. The maximum absolute atomic E-state index is 12.3. The molecule has 1 aliphatic rings. The second-order valence-corrected chi connectivity index (χ2v) is 10.0. The highest BCUT2D eigenvalue weighted by Crippen LogP contribution is 2.29. The highest BCUT2D eigenvalue weighted by Gasteiger charge is 2.20. The van der Waals surface area contributed by atoms with E-state index < -0.39 is 10.0 Å². The van der Waals surface area contributed by atoms with Crippen LogP contribution >= 0.6 is 23.1 Å². The summed E-state index contributed by atoms with van der Waals surface area (Å²) in [5.74, 6) is 1.08. The maximum atomic E-state index is 12.3. The van der Waals surface area contributed by atoms with E-state index in [9.17, 15) is 8.42 Å². The Morgan fingerprint density at radius 2 is 1.86 bits per heavy atom. The smallest absolute Gasteiger partial charge is 0.240 e. The topological polar surface area (TPSA) is 65.5 Å². The molecule has 0 amide bonds. The molecule has 3 aromatic rings. The molecule has 2 aromatic carbocycles. The lowest BCUT2D eigenvalue weighted by atomic mass is 10.2. The lowest BCUT2D eigenvalue weighted by molar-refractivity contribution is 0.255. The summed E-state index contributed by atoms with van der Waals surface area (Å²) < 4.78 is 33.2. The van der Waals surface area contributed by atoms with Crippen LogP contribution in [0.4, 0.5) is 5.82 Å². The van der Waals surface area contributed by atoms with E-state index in [0.29, 0.717) is 11.6 Å². The fourth-order valence-electron chi connectivity index (χ4n) is 3.51. The van der Waals surface area contributed by atoms with Crippen LogP contribution in [0.15, 0.2) is 53.4 Å². The Kier molecular flexibility index (Phi) is 6.36. The summed E-state index contributed by atoms with van der Waals surface area (Å²) in [7, 11) is -3.51. The normalized spacial score (nSPS) is 15.8. The highest BCUT2D eigenvalue weighted by atomic mass is 35.5. The molecule has 2 heterocycles. The number of nitrogens with zero attached hydrogens (tertiary/aromatic N) is 3. The minimum absolute atomic E-state index is 0.203. The van der Waals surface area contributed by atoms with Crippen molar-refractivity contribution in [3.8, 4) is 0 Å². The van der Waals surface area contributed by atoms with E-state index in [-0.39, 0.29) is 4.90 Å². The standard InChI is InChI=1S/C20H23ClN4O2S2/c21-16-5-3-6-17(15-16)29(26,27)22-9-4-10-24-11-13-25(14-12-24)20-18-7-1-2-8-19(18)28-23-20/h1-3,5-8,15,22H,4,9-14H2. The second kappa shape index (κ2) is 8.97. The van der Waals surface area contributed by atoms with Gasteiger partial charge in [0.1, 0.15) is 5.82 Å². The molecule has 4 rings (SSSR count). The molecule has 0 radical (unpaired) electrons. The van der Waals surface area contributed by atoms with Gasteiger partial charge in [-0.05, 0) is 54.8 Å². The molecule has 29 heavy (non-hydrogen) atoms. The summed E-state index contributed by atoms with van der Waals surface area (Å²) in [6, 6.07) is 14.7. The minimum Gasteiger partial charge on any atom is -0.353 e. The Labute approximate surface area is 180 Å². The second-order valence-electron chi connectivity index (χ2n) is 7.04. The number of benzene rings is 2. The summed E-state index contributed by atoms with van der Waals surface area (Å²) in [5, 5.41) is 1.64. The molecule has 154 valence electrons. The molecule has 0 aliphatic carbocycles. The Morgan fingerprint density at radius 1 is 1.07 bits per heavy atom. The van der Waals surface area contributed by atoms with Crippen LogP contribution in [0.2, 0.25) is 5.02 Å². The van der Waals surface area contributed by atoms with Crippen molar-refractivity contribution in [2.24, 2.45) is 0 Å². The van der Waals surface area contributed by atoms with E-state index in [0.717, 1.165) is 45.0 Å². The number of halogens is 1. The van der Waals surface area contributed by atoms with Gasteiger partial charge in [0, 0.05) is 43.1 Å². The van der Waals surface area contributed by atoms with Gasteiger partial charge in [0.25, 0.3) is 0 Å². The van der Waals surface area contributed by atoms with Gasteiger partial charge in [-0.1, -0.05) is 29.8 Å². The average Bonchev–Trinajstić information content (AvgIpc) is 3.16. The van der Waals surface area contributed by atoms with E-state index in [2.05, 4.69) is 37.1 Å². The van der Waals surface area contributed by atoms with Crippen molar-refractivity contribution in [2.75, 3.05) is 44.2 Å². The van der Waals surface area contributed by atoms with Crippen molar-refractivity contribution in [3.05, 3.63) is 53.6 Å². The van der Waals surface area contributed by atoms with Crippen LogP contribution in [0, 0.1) is 0 Å². The van der Waals surface area contributed by atoms with Crippen LogP contribution in [0.5, 0.6) is 0 Å². The molecule has 1 aliphatic heterocycles. The van der Waals surface area contributed by atoms with Crippen LogP contribution in [-0.2, 0) is 10.0 Å². The molecule has 9 heteroatoms. The van der Waals surface area contributed by atoms with Crippen molar-refractivity contribution in [3.63, 3.8) is 0 Å². The molecular weight excluding hydrogens is 428 g/mol. The number of piperazine rings is 1. The van der Waals surface area contributed by atoms with Gasteiger partial charge in [0.05, 0.1) is 9.60 Å². The van der Waals surface area contributed by atoms with Crippen LogP contribution in [0.3, 0.4) is 0 Å². The molecule has 6 nitrogen and oxygen atoms in total. The fraction of sp³-hybridized carbons (Fsp3) is 0.350. The first kappa shape index (κ1) is 20.6. The van der Waals surface area contributed by atoms with Gasteiger partial charge < -0.3 is 4.90 Å². The van der Waals surface area contributed by atoms with Crippen molar-refractivity contribution in [1.29, 1.82) is 0 Å². The Balaban J connectivity index is 1.23. The lowest BCUT2D eigenvalue weighted by Gasteiger charge is -2.35. The van der Waals surface area contributed by atoms with Crippen molar-refractivity contribution in [1.82, 2.24) is 14.0 Å². The SMILES string of the molecule is O=S(=O)(NCCCN1CCN(c2nsc3ccccc23)CC1)c1cccc(Cl)c1. The molecule has 0 saturated carbocycles. The van der Waals surface area contributed by atoms with Crippen molar-refractivity contribution in [2.45, 2.75) is 11.3 Å². The number of fused-ring (bicyclic) bond motifs is 1. The van der Waals surface area contributed by atoms with Gasteiger partial charge in [-0.25, -0.2) is 13.1 Å². The number of sulfonamides is 1. The number of hydrogen-bond donors (Lipinski definition) is 1. The molecule has 1 saturated heterocycles. The van der Waals surface area contributed by atoms with Crippen LogP contribution in [-0.4, -0.2) is 57.0 Å². The molecule has 1 aromatic heterocycles. The quantitative estimate of drug-likeness (QED) is 0.558. The third kappa shape index (κ3) is 4.90. The molecule has 0 bridgehead atoms. The third-order valence-corrected chi connectivity index (χ3v) is 7.59. The molecule has 0 unspecified atom stereocenters. The Bertz CT molecular complexity index is 1080. The number of rotatable bonds is 7. The van der Waals surface area contributed by atoms with E-state index in [1.807, 2.05) is 6.07 Å². The first-order valence-electron chi connectivity index (χ1n) is 9.60. The van der Waals surface area contributed by atoms with E-state index in [1.165, 1.54) is 16.2 Å². The van der Waals surface area contributed by atoms with Crippen LogP contribution in [0.1, 0.15) is 6.42 Å². The van der Waals surface area contributed by atoms with Gasteiger partial charge >= 0.3 is 0 Å². The zero-order valence-corrected chi connectivity index (χ0v) is 18.3. The number of aromatic nitrogens is 1. The zero-order chi connectivity index (χ0) is 20.3. The predicted molar refractivity (Wildman–Crippen MR) is 120 cm³/mol. The van der Waals surface area contributed by atoms with Crippen molar-refractivity contribution < 1.29 is 8.42 Å². The molecule has 1 fully saturated rings. The molecule has 0 spiro atoms. The number of nitrogens with one attached hydrogen (secondary N) is 1. The summed E-state index contributed by atoms with van der Waals surface area (Å²) >= 11 is 7.44. The summed E-state index contributed by atoms with van der Waals surface area (Å²) in [4.78, 5) is 4.92. The average molecular weight is 451 g/mol. The Hall–Kier alpha value is -1.71. The van der Waals surface area contributed by atoms with Gasteiger partial charge in [0.15, 0.2) is 0 Å². The molecule has 0 atom stereocenters. The van der Waals surface area contributed by atoms with E-state index in [1.54, 1.807) is 29.7 Å². The fourth-order valence-corrected chi connectivity index (χ4v) is 5.68. The molecular formula is C20H23ClN4O2S2. The van der Waals surface area contributed by atoms with Gasteiger partial charge in [-0.2, -0.15) is 4.37 Å². The lowest BCUT2D eigenvalue weighted by Crippen LogP contribution is -2.47. The van der Waals surface area contributed by atoms with Crippen LogP contribution < -0.4 is 9.62 Å². The maximum Gasteiger partial charge on any atom is 0.240 e. The highest BCUT2D eigenvalue weighted by molar-refractivity contribution is 7.89. The summed E-state index contributed by atoms with van der Waals surface area (Å²) in [6.07, 6.45) is 0.763. The van der Waals surface area contributed by atoms with Gasteiger partial charge in [-0.3, -0.25) is 4.90 Å². The zero-order valence-electron chi connectivity index (χ0n) is 15.9. The first-order valence-corrected chi connectivity index (χ1v) is 12.2. The minimum atomic E-state index is -3.51. The van der Waals surface area contributed by atoms with E-state index in [4.69, 9.17) is 11.6 Å². The largest absolute Gasteiger partial charge is 0.353 e. The number of anilines is 1. The summed E-state index contributed by atoms with van der Waals surface area (Å²) in [6.45, 7) is 5.04. The monoisotopic (exact) mass is 450 g/mol. The van der Waals surface area contributed by atoms with Crippen LogP contribution in [0.25, 0.3) is 10.1 Å². The number of hydrogen-bond acceptors (Lipinski definition) is 6.